The summed E-state index contributed by atoms with van der Waals surface area (Å²) in [6.07, 6.45) is 0. The van der Waals surface area contributed by atoms with Crippen molar-refractivity contribution < 1.29 is 9.18 Å². The Morgan fingerprint density at radius 2 is 1.77 bits per heavy atom. The van der Waals surface area contributed by atoms with Crippen LogP contribution in [0.15, 0.2) is 48.5 Å². The number of carbonyl (C=O) groups excluding carboxylic acids is 1. The topological polar surface area (TPSA) is 41.1 Å². The summed E-state index contributed by atoms with van der Waals surface area (Å²) in [7, 11) is 0. The average Bonchev–Trinajstić information content (AvgIpc) is 2.50. The van der Waals surface area contributed by atoms with Crippen molar-refractivity contribution in [2.75, 3.05) is 11.9 Å². The minimum atomic E-state index is -0.264. The van der Waals surface area contributed by atoms with Crippen molar-refractivity contribution >= 4 is 11.6 Å². The molecule has 2 aromatic carbocycles. The molecule has 0 aliphatic rings. The fourth-order valence-electron chi connectivity index (χ4n) is 2.11. The molecule has 0 spiro atoms. The quantitative estimate of drug-likeness (QED) is 0.854. The molecule has 4 heteroatoms. The Hall–Kier alpha value is -2.20. The van der Waals surface area contributed by atoms with E-state index in [1.807, 2.05) is 24.3 Å². The van der Waals surface area contributed by atoms with E-state index in [4.69, 9.17) is 0 Å². The molecule has 3 nitrogen and oxygen atoms in total. The van der Waals surface area contributed by atoms with Gasteiger partial charge in [-0.3, -0.25) is 4.79 Å². The van der Waals surface area contributed by atoms with Gasteiger partial charge in [0.15, 0.2) is 0 Å². The third-order valence-corrected chi connectivity index (χ3v) is 3.42. The predicted molar refractivity (Wildman–Crippen MR) is 87.3 cm³/mol. The van der Waals surface area contributed by atoms with Gasteiger partial charge in [0, 0.05) is 17.8 Å². The van der Waals surface area contributed by atoms with Gasteiger partial charge in [-0.15, -0.1) is 0 Å². The maximum absolute atomic E-state index is 13.4. The van der Waals surface area contributed by atoms with Gasteiger partial charge in [-0.2, -0.15) is 0 Å². The Bertz CT molecular complexity index is 623. The highest BCUT2D eigenvalue weighted by molar-refractivity contribution is 5.92. The normalized spacial score (nSPS) is 10.7. The molecular formula is C18H21FN2O. The Balaban J connectivity index is 1.79. The zero-order valence-corrected chi connectivity index (χ0v) is 12.9. The van der Waals surface area contributed by atoms with Crippen LogP contribution in [0.5, 0.6) is 0 Å². The van der Waals surface area contributed by atoms with E-state index in [0.29, 0.717) is 18.0 Å². The van der Waals surface area contributed by atoms with Crippen molar-refractivity contribution in [2.24, 2.45) is 0 Å². The molecule has 0 aromatic heterocycles. The number of carbonyl (C=O) groups is 1. The van der Waals surface area contributed by atoms with E-state index in [1.54, 1.807) is 18.2 Å². The zero-order valence-electron chi connectivity index (χ0n) is 12.9. The van der Waals surface area contributed by atoms with Gasteiger partial charge in [0.25, 0.3) is 0 Å². The van der Waals surface area contributed by atoms with Crippen LogP contribution in [-0.4, -0.2) is 12.5 Å². The number of halogens is 1. The van der Waals surface area contributed by atoms with Crippen LogP contribution in [0, 0.1) is 5.82 Å². The summed E-state index contributed by atoms with van der Waals surface area (Å²) in [5.41, 5.74) is 2.55. The molecule has 116 valence electrons. The number of hydrogen-bond acceptors (Lipinski definition) is 2. The van der Waals surface area contributed by atoms with Crippen LogP contribution < -0.4 is 10.6 Å². The minimum absolute atomic E-state index is 0.139. The van der Waals surface area contributed by atoms with Crippen LogP contribution in [0.25, 0.3) is 0 Å². The standard InChI is InChI=1S/C18H21FN2O/c1-13(2)14-7-9-16(10-8-14)21-18(22)12-20-11-15-5-3-4-6-17(15)19/h3-10,13,20H,11-12H2,1-2H3,(H,21,22). The van der Waals surface area contributed by atoms with E-state index in [9.17, 15) is 9.18 Å². The number of rotatable bonds is 6. The predicted octanol–water partition coefficient (Wildman–Crippen LogP) is 3.68. The lowest BCUT2D eigenvalue weighted by Gasteiger charge is -2.09. The van der Waals surface area contributed by atoms with Crippen molar-refractivity contribution in [2.45, 2.75) is 26.3 Å². The third kappa shape index (κ3) is 4.67. The van der Waals surface area contributed by atoms with Gasteiger partial charge in [0.05, 0.1) is 6.54 Å². The maximum atomic E-state index is 13.4. The second kappa shape index (κ2) is 7.71. The second-order valence-electron chi connectivity index (χ2n) is 5.52. The minimum Gasteiger partial charge on any atom is -0.325 e. The van der Waals surface area contributed by atoms with Crippen molar-refractivity contribution in [1.29, 1.82) is 0 Å². The van der Waals surface area contributed by atoms with E-state index in [1.165, 1.54) is 11.6 Å². The van der Waals surface area contributed by atoms with Gasteiger partial charge in [-0.05, 0) is 29.7 Å². The first-order chi connectivity index (χ1) is 10.6. The second-order valence-corrected chi connectivity index (χ2v) is 5.52. The van der Waals surface area contributed by atoms with Crippen LogP contribution in [-0.2, 0) is 11.3 Å². The Labute approximate surface area is 130 Å². The maximum Gasteiger partial charge on any atom is 0.238 e. The highest BCUT2D eigenvalue weighted by Crippen LogP contribution is 2.16. The molecule has 0 saturated carbocycles. The van der Waals surface area contributed by atoms with Crippen molar-refractivity contribution in [3.05, 3.63) is 65.5 Å². The van der Waals surface area contributed by atoms with Gasteiger partial charge in [-0.1, -0.05) is 44.2 Å². The summed E-state index contributed by atoms with van der Waals surface area (Å²) in [5.74, 6) is 0.0560. The monoisotopic (exact) mass is 300 g/mol. The van der Waals surface area contributed by atoms with Crippen molar-refractivity contribution in [3.63, 3.8) is 0 Å². The molecule has 2 rings (SSSR count). The van der Waals surface area contributed by atoms with Gasteiger partial charge in [0.1, 0.15) is 5.82 Å². The van der Waals surface area contributed by atoms with Gasteiger partial charge >= 0.3 is 0 Å². The van der Waals surface area contributed by atoms with Crippen LogP contribution >= 0.6 is 0 Å². The molecule has 0 heterocycles. The molecule has 0 aliphatic heterocycles. The molecule has 0 saturated heterocycles. The molecule has 2 N–H and O–H groups in total. The van der Waals surface area contributed by atoms with Gasteiger partial charge in [-0.25, -0.2) is 4.39 Å². The van der Waals surface area contributed by atoms with Gasteiger partial charge in [0.2, 0.25) is 5.91 Å². The number of nitrogens with one attached hydrogen (secondary N) is 2. The van der Waals surface area contributed by atoms with Crippen molar-refractivity contribution in [1.82, 2.24) is 5.32 Å². The van der Waals surface area contributed by atoms with Crippen LogP contribution in [0.4, 0.5) is 10.1 Å². The number of amides is 1. The summed E-state index contributed by atoms with van der Waals surface area (Å²) in [6, 6.07) is 14.3. The fraction of sp³-hybridized carbons (Fsp3) is 0.278. The highest BCUT2D eigenvalue weighted by atomic mass is 19.1. The molecule has 0 unspecified atom stereocenters. The van der Waals surface area contributed by atoms with Gasteiger partial charge < -0.3 is 10.6 Å². The van der Waals surface area contributed by atoms with Crippen LogP contribution in [0.3, 0.4) is 0 Å². The Morgan fingerprint density at radius 3 is 2.41 bits per heavy atom. The lowest BCUT2D eigenvalue weighted by atomic mass is 10.0. The largest absolute Gasteiger partial charge is 0.325 e. The fourth-order valence-corrected chi connectivity index (χ4v) is 2.11. The molecule has 0 radical (unpaired) electrons. The number of hydrogen-bond donors (Lipinski definition) is 2. The lowest BCUT2D eigenvalue weighted by Crippen LogP contribution is -2.28. The van der Waals surface area contributed by atoms with Crippen molar-refractivity contribution in [3.8, 4) is 0 Å². The summed E-state index contributed by atoms with van der Waals surface area (Å²) >= 11 is 0. The number of benzene rings is 2. The van der Waals surface area contributed by atoms with E-state index in [2.05, 4.69) is 24.5 Å². The summed E-state index contributed by atoms with van der Waals surface area (Å²) in [4.78, 5) is 11.8. The Morgan fingerprint density at radius 1 is 1.09 bits per heavy atom. The van der Waals surface area contributed by atoms with E-state index in [-0.39, 0.29) is 18.3 Å². The van der Waals surface area contributed by atoms with E-state index in [0.717, 1.165) is 5.69 Å². The first kappa shape index (κ1) is 16.2. The molecule has 22 heavy (non-hydrogen) atoms. The first-order valence-corrected chi connectivity index (χ1v) is 7.40. The molecule has 1 amide bonds. The summed E-state index contributed by atoms with van der Waals surface area (Å²) in [6.45, 7) is 4.72. The highest BCUT2D eigenvalue weighted by Gasteiger charge is 2.05. The van der Waals surface area contributed by atoms with E-state index >= 15 is 0 Å². The van der Waals surface area contributed by atoms with E-state index < -0.39 is 0 Å². The summed E-state index contributed by atoms with van der Waals surface area (Å²) in [5, 5.41) is 5.75. The lowest BCUT2D eigenvalue weighted by molar-refractivity contribution is -0.115. The Kier molecular flexibility index (Phi) is 5.67. The summed E-state index contributed by atoms with van der Waals surface area (Å²) < 4.78 is 13.4. The third-order valence-electron chi connectivity index (χ3n) is 3.42. The molecular weight excluding hydrogens is 279 g/mol. The van der Waals surface area contributed by atoms with Crippen LogP contribution in [0.2, 0.25) is 0 Å². The number of anilines is 1. The molecule has 0 aliphatic carbocycles. The average molecular weight is 300 g/mol. The smallest absolute Gasteiger partial charge is 0.238 e. The van der Waals surface area contributed by atoms with Crippen LogP contribution in [0.1, 0.15) is 30.9 Å². The zero-order chi connectivity index (χ0) is 15.9. The molecule has 0 atom stereocenters. The molecule has 0 fully saturated rings. The molecule has 0 bridgehead atoms. The SMILES string of the molecule is CC(C)c1ccc(NC(=O)CNCc2ccccc2F)cc1. The first-order valence-electron chi connectivity index (χ1n) is 7.40. The molecule has 2 aromatic rings.